The number of nitrogens with zero attached hydrogens (tertiary/aromatic N) is 1. The van der Waals surface area contributed by atoms with Gasteiger partial charge in [-0.25, -0.2) is 0 Å². The number of ether oxygens (including phenoxy) is 1. The maximum absolute atomic E-state index is 5.60. The summed E-state index contributed by atoms with van der Waals surface area (Å²) in [5.41, 5.74) is 2.42. The first-order valence-electron chi connectivity index (χ1n) is 7.36. The quantitative estimate of drug-likeness (QED) is 0.594. The van der Waals surface area contributed by atoms with E-state index in [-0.39, 0.29) is 0 Å². The van der Waals surface area contributed by atoms with Crippen molar-refractivity contribution in [1.29, 1.82) is 0 Å². The summed E-state index contributed by atoms with van der Waals surface area (Å²) in [7, 11) is -2.73. The molecule has 0 aliphatic carbocycles. The second kappa shape index (κ2) is 5.62. The van der Waals surface area contributed by atoms with Crippen LogP contribution in [0.2, 0.25) is 38.3 Å². The van der Waals surface area contributed by atoms with Gasteiger partial charge in [0.25, 0.3) is 0 Å². The molecular weight excluding hydrogens is 298 g/mol. The maximum Gasteiger partial charge on any atom is 0.193 e. The lowest BCUT2D eigenvalue weighted by molar-refractivity contribution is 0.338. The van der Waals surface area contributed by atoms with Crippen molar-refractivity contribution in [2.24, 2.45) is 0 Å². The summed E-state index contributed by atoms with van der Waals surface area (Å²) in [4.78, 5) is 0. The third-order valence-corrected chi connectivity index (χ3v) is 14.5. The van der Waals surface area contributed by atoms with Crippen molar-refractivity contribution in [1.82, 2.24) is 0 Å². The molecule has 0 radical (unpaired) electrons. The van der Waals surface area contributed by atoms with Gasteiger partial charge in [-0.05, 0) is 43.4 Å². The summed E-state index contributed by atoms with van der Waals surface area (Å²) in [6.07, 6.45) is 0. The van der Waals surface area contributed by atoms with Crippen molar-refractivity contribution in [2.45, 2.75) is 45.2 Å². The van der Waals surface area contributed by atoms with Crippen LogP contribution in [-0.2, 0) is 4.74 Å². The Balaban J connectivity index is 2.49. The minimum Gasteiger partial charge on any atom is -0.483 e. The van der Waals surface area contributed by atoms with Crippen LogP contribution >= 0.6 is 12.2 Å². The fourth-order valence-electron chi connectivity index (χ4n) is 3.36. The van der Waals surface area contributed by atoms with E-state index in [1.165, 1.54) is 17.8 Å². The highest BCUT2D eigenvalue weighted by Gasteiger charge is 2.48. The van der Waals surface area contributed by atoms with Crippen molar-refractivity contribution in [3.63, 3.8) is 0 Å². The topological polar surface area (TPSA) is 12.5 Å². The van der Waals surface area contributed by atoms with Crippen LogP contribution < -0.4 is 4.23 Å². The number of hydrogen-bond donors (Lipinski definition) is 0. The average molecular weight is 324 g/mol. The summed E-state index contributed by atoms with van der Waals surface area (Å²) >= 11 is 5.47. The van der Waals surface area contributed by atoms with Gasteiger partial charge in [-0.1, -0.05) is 38.3 Å². The van der Waals surface area contributed by atoms with Crippen LogP contribution in [0.1, 0.15) is 12.5 Å². The lowest BCUT2D eigenvalue weighted by Gasteiger charge is -2.42. The van der Waals surface area contributed by atoms with Crippen LogP contribution in [0.15, 0.2) is 24.3 Å². The molecule has 0 atom stereocenters. The highest BCUT2D eigenvalue weighted by atomic mass is 32.1. The molecule has 0 saturated carbocycles. The summed E-state index contributed by atoms with van der Waals surface area (Å²) in [6.45, 7) is 12.5. The molecule has 1 saturated heterocycles. The fourth-order valence-corrected chi connectivity index (χ4v) is 17.9. The van der Waals surface area contributed by atoms with Gasteiger partial charge in [-0.2, -0.15) is 0 Å². The van der Waals surface area contributed by atoms with Gasteiger partial charge in [0.05, 0.1) is 6.61 Å². The van der Waals surface area contributed by atoms with Gasteiger partial charge in [0.1, 0.15) is 16.5 Å². The Hall–Kier alpha value is -0.656. The number of anilines is 1. The monoisotopic (exact) mass is 323 g/mol. The van der Waals surface area contributed by atoms with E-state index in [1.807, 2.05) is 6.92 Å². The molecule has 0 unspecified atom stereocenters. The Morgan fingerprint density at radius 3 is 2.25 bits per heavy atom. The molecule has 1 fully saturated rings. The Kier molecular flexibility index (Phi) is 4.42. The molecule has 0 bridgehead atoms. The fraction of sp³-hybridized carbons (Fsp3) is 0.533. The van der Waals surface area contributed by atoms with Gasteiger partial charge in [-0.15, -0.1) is 0 Å². The average Bonchev–Trinajstić information content (AvgIpc) is 2.59. The van der Waals surface area contributed by atoms with E-state index in [4.69, 9.17) is 17.0 Å². The zero-order valence-corrected chi connectivity index (χ0v) is 16.0. The molecular formula is C15H25NOSSi2. The number of thiocarbonyl (C=S) groups is 1. The molecule has 1 aromatic carbocycles. The molecule has 1 aliphatic rings. The summed E-state index contributed by atoms with van der Waals surface area (Å²) in [6, 6.07) is 11.3. The highest BCUT2D eigenvalue weighted by molar-refractivity contribution is 7.80. The number of benzene rings is 1. The van der Waals surface area contributed by atoms with E-state index in [0.717, 1.165) is 5.56 Å². The molecule has 0 spiro atoms. The third-order valence-electron chi connectivity index (χ3n) is 4.20. The van der Waals surface area contributed by atoms with Crippen LogP contribution in [-0.4, -0.2) is 28.1 Å². The van der Waals surface area contributed by atoms with Crippen LogP contribution in [0.25, 0.3) is 0 Å². The van der Waals surface area contributed by atoms with E-state index in [9.17, 15) is 0 Å². The summed E-state index contributed by atoms with van der Waals surface area (Å²) in [5, 5.41) is 0.643. The SMILES string of the molecule is CCOC(=S)c1ccccc1N1[Si](C)(C)CC[Si]1(C)C. The van der Waals surface area contributed by atoms with Crippen LogP contribution in [0, 0.1) is 0 Å². The zero-order valence-electron chi connectivity index (χ0n) is 13.2. The second-order valence-corrected chi connectivity index (χ2v) is 16.7. The van der Waals surface area contributed by atoms with E-state index < -0.39 is 16.5 Å². The zero-order chi connectivity index (χ0) is 15.0. The van der Waals surface area contributed by atoms with Crippen molar-refractivity contribution < 1.29 is 4.74 Å². The van der Waals surface area contributed by atoms with E-state index in [2.05, 4.69) is 54.7 Å². The predicted molar refractivity (Wildman–Crippen MR) is 96.8 cm³/mol. The summed E-state index contributed by atoms with van der Waals surface area (Å²) < 4.78 is 8.39. The molecule has 1 aliphatic heterocycles. The lowest BCUT2D eigenvalue weighted by atomic mass is 10.2. The second-order valence-electron chi connectivity index (χ2n) is 6.70. The van der Waals surface area contributed by atoms with E-state index in [1.54, 1.807) is 0 Å². The Morgan fingerprint density at radius 2 is 1.70 bits per heavy atom. The standard InChI is InChI=1S/C15H25NOSSi2/c1-6-17-15(18)13-9-7-8-10-14(13)16-19(2,3)11-12-20(16,4)5/h7-10H,6,11-12H2,1-5H3. The van der Waals surface area contributed by atoms with Crippen LogP contribution in [0.4, 0.5) is 5.69 Å². The predicted octanol–water partition coefficient (Wildman–Crippen LogP) is 4.63. The first-order valence-corrected chi connectivity index (χ1v) is 14.1. The minimum atomic E-state index is -1.37. The molecule has 1 aromatic rings. The summed E-state index contributed by atoms with van der Waals surface area (Å²) in [5.74, 6) is 0. The molecule has 0 aromatic heterocycles. The van der Waals surface area contributed by atoms with Crippen molar-refractivity contribution >= 4 is 39.4 Å². The molecule has 0 N–H and O–H groups in total. The molecule has 5 heteroatoms. The normalized spacial score (nSPS) is 19.9. The van der Waals surface area contributed by atoms with Gasteiger partial charge in [0.2, 0.25) is 0 Å². The number of para-hydroxylation sites is 1. The number of rotatable bonds is 3. The van der Waals surface area contributed by atoms with Crippen molar-refractivity contribution in [3.8, 4) is 0 Å². The Labute approximate surface area is 130 Å². The number of hydrogen-bond acceptors (Lipinski definition) is 3. The van der Waals surface area contributed by atoms with Gasteiger partial charge in [-0.3, -0.25) is 0 Å². The highest BCUT2D eigenvalue weighted by Crippen LogP contribution is 2.42. The third kappa shape index (κ3) is 2.85. The van der Waals surface area contributed by atoms with Gasteiger partial charge in [0, 0.05) is 11.3 Å². The smallest absolute Gasteiger partial charge is 0.193 e. The molecule has 2 rings (SSSR count). The van der Waals surface area contributed by atoms with Gasteiger partial charge < -0.3 is 8.97 Å². The molecule has 1 heterocycles. The first kappa shape index (κ1) is 15.7. The van der Waals surface area contributed by atoms with E-state index >= 15 is 0 Å². The molecule has 20 heavy (non-hydrogen) atoms. The first-order chi connectivity index (χ1) is 9.29. The van der Waals surface area contributed by atoms with Crippen LogP contribution in [0.5, 0.6) is 0 Å². The largest absolute Gasteiger partial charge is 0.483 e. The molecule has 2 nitrogen and oxygen atoms in total. The minimum absolute atomic E-state index is 0.634. The Morgan fingerprint density at radius 1 is 1.15 bits per heavy atom. The maximum atomic E-state index is 5.60. The van der Waals surface area contributed by atoms with Crippen molar-refractivity contribution in [3.05, 3.63) is 29.8 Å². The Bertz CT molecular complexity index is 500. The van der Waals surface area contributed by atoms with Gasteiger partial charge in [0.15, 0.2) is 5.05 Å². The van der Waals surface area contributed by atoms with E-state index in [0.29, 0.717) is 11.7 Å². The molecule has 0 amide bonds. The lowest BCUT2D eigenvalue weighted by Crippen LogP contribution is -2.55. The molecule has 110 valence electrons. The van der Waals surface area contributed by atoms with Gasteiger partial charge >= 0.3 is 0 Å². The van der Waals surface area contributed by atoms with Crippen LogP contribution in [0.3, 0.4) is 0 Å². The van der Waals surface area contributed by atoms with Crippen molar-refractivity contribution in [2.75, 3.05) is 10.8 Å².